The van der Waals surface area contributed by atoms with Gasteiger partial charge in [0.25, 0.3) is 5.56 Å². The van der Waals surface area contributed by atoms with Crippen LogP contribution in [0, 0.1) is 5.92 Å². The average Bonchev–Trinajstić information content (AvgIpc) is 3.09. The van der Waals surface area contributed by atoms with Gasteiger partial charge in [0.05, 0.1) is 12.0 Å². The van der Waals surface area contributed by atoms with Gasteiger partial charge in [0.15, 0.2) is 5.16 Å². The number of hydrogen-bond acceptors (Lipinski definition) is 5. The third-order valence-electron chi connectivity index (χ3n) is 5.47. The molecule has 6 heteroatoms. The van der Waals surface area contributed by atoms with Crippen LogP contribution in [0.25, 0.3) is 21.0 Å². The average molecular weight is 423 g/mol. The van der Waals surface area contributed by atoms with E-state index in [1.165, 1.54) is 27.6 Å². The van der Waals surface area contributed by atoms with E-state index in [0.717, 1.165) is 46.4 Å². The Morgan fingerprint density at radius 2 is 2.10 bits per heavy atom. The lowest BCUT2D eigenvalue weighted by Gasteiger charge is -2.17. The number of nitrogens with one attached hydrogen (secondary N) is 1. The second kappa shape index (κ2) is 7.84. The quantitative estimate of drug-likeness (QED) is 0.265. The molecule has 1 atom stereocenters. The molecule has 4 nitrogen and oxygen atoms in total. The van der Waals surface area contributed by atoms with E-state index >= 15 is 0 Å². The molecule has 29 heavy (non-hydrogen) atoms. The molecule has 0 radical (unpaired) electrons. The topological polar surface area (TPSA) is 55.0 Å². The van der Waals surface area contributed by atoms with Crippen molar-refractivity contribution >= 4 is 44.1 Å². The molecule has 0 spiro atoms. The second-order valence-electron chi connectivity index (χ2n) is 7.58. The van der Waals surface area contributed by atoms with Gasteiger partial charge in [0.1, 0.15) is 10.6 Å². The molecule has 0 bridgehead atoms. The maximum atomic E-state index is 12.7. The number of benzene rings is 2. The molecule has 4 aromatic rings. The fraction of sp³-hybridized carbons (Fsp3) is 0.304. The van der Waals surface area contributed by atoms with E-state index in [9.17, 15) is 4.79 Å². The van der Waals surface area contributed by atoms with Crippen molar-refractivity contribution in [3.05, 3.63) is 63.3 Å². The van der Waals surface area contributed by atoms with Crippen molar-refractivity contribution < 1.29 is 4.74 Å². The van der Waals surface area contributed by atoms with Crippen LogP contribution in [-0.2, 0) is 12.8 Å². The fourth-order valence-corrected chi connectivity index (χ4v) is 6.13. The van der Waals surface area contributed by atoms with Gasteiger partial charge in [-0.25, -0.2) is 4.98 Å². The van der Waals surface area contributed by atoms with Crippen LogP contribution in [-0.4, -0.2) is 22.3 Å². The van der Waals surface area contributed by atoms with Gasteiger partial charge >= 0.3 is 0 Å². The standard InChI is InChI=1S/C23H22N2O2S2/c1-14-9-10-17-19(13-14)29-22-20(17)21(26)24-23(25-22)28-12-11-27-18-8-4-6-15-5-2-3-7-16(15)18/h2-8,14H,9-13H2,1H3,(H,24,25,26). The van der Waals surface area contributed by atoms with Crippen molar-refractivity contribution in [2.75, 3.05) is 12.4 Å². The van der Waals surface area contributed by atoms with E-state index in [1.807, 2.05) is 24.3 Å². The lowest BCUT2D eigenvalue weighted by molar-refractivity contribution is 0.348. The summed E-state index contributed by atoms with van der Waals surface area (Å²) in [6.07, 6.45) is 3.21. The van der Waals surface area contributed by atoms with Crippen LogP contribution in [0.2, 0.25) is 0 Å². The molecule has 2 heterocycles. The summed E-state index contributed by atoms with van der Waals surface area (Å²) in [4.78, 5) is 22.6. The van der Waals surface area contributed by atoms with Crippen LogP contribution in [0.15, 0.2) is 52.4 Å². The zero-order valence-electron chi connectivity index (χ0n) is 16.2. The van der Waals surface area contributed by atoms with Gasteiger partial charge < -0.3 is 9.72 Å². The van der Waals surface area contributed by atoms with E-state index in [4.69, 9.17) is 9.72 Å². The molecule has 0 fully saturated rings. The van der Waals surface area contributed by atoms with Gasteiger partial charge in [-0.05, 0) is 42.2 Å². The molecule has 1 aliphatic rings. The molecule has 0 amide bonds. The van der Waals surface area contributed by atoms with Gasteiger partial charge in [-0.15, -0.1) is 11.3 Å². The Morgan fingerprint density at radius 1 is 1.24 bits per heavy atom. The van der Waals surface area contributed by atoms with Gasteiger partial charge in [-0.3, -0.25) is 4.79 Å². The maximum Gasteiger partial charge on any atom is 0.260 e. The van der Waals surface area contributed by atoms with Crippen molar-refractivity contribution in [2.24, 2.45) is 5.92 Å². The highest BCUT2D eigenvalue weighted by Crippen LogP contribution is 2.36. The van der Waals surface area contributed by atoms with Gasteiger partial charge in [0.2, 0.25) is 0 Å². The van der Waals surface area contributed by atoms with Gasteiger partial charge in [-0.1, -0.05) is 55.1 Å². The summed E-state index contributed by atoms with van der Waals surface area (Å²) in [7, 11) is 0. The molecule has 5 rings (SSSR count). The van der Waals surface area contributed by atoms with E-state index in [2.05, 4.69) is 30.1 Å². The zero-order valence-corrected chi connectivity index (χ0v) is 17.9. The molecule has 2 aromatic carbocycles. The minimum Gasteiger partial charge on any atom is -0.492 e. The fourth-order valence-electron chi connectivity index (χ4n) is 4.01. The number of aromatic nitrogens is 2. The third kappa shape index (κ3) is 3.67. The van der Waals surface area contributed by atoms with Crippen LogP contribution in [0.1, 0.15) is 23.8 Å². The Balaban J connectivity index is 1.29. The number of thioether (sulfide) groups is 1. The summed E-state index contributed by atoms with van der Waals surface area (Å²) in [5.74, 6) is 2.30. The number of ether oxygens (including phenoxy) is 1. The predicted molar refractivity (Wildman–Crippen MR) is 122 cm³/mol. The largest absolute Gasteiger partial charge is 0.492 e. The highest BCUT2D eigenvalue weighted by atomic mass is 32.2. The molecule has 0 saturated carbocycles. The Bertz CT molecular complexity index is 1240. The van der Waals surface area contributed by atoms with Crippen molar-refractivity contribution in [1.29, 1.82) is 0 Å². The highest BCUT2D eigenvalue weighted by Gasteiger charge is 2.23. The number of H-pyrrole nitrogens is 1. The van der Waals surface area contributed by atoms with Gasteiger partial charge in [0, 0.05) is 16.0 Å². The zero-order chi connectivity index (χ0) is 19.8. The smallest absolute Gasteiger partial charge is 0.260 e. The molecular weight excluding hydrogens is 400 g/mol. The number of thiophene rings is 1. The van der Waals surface area contributed by atoms with Crippen LogP contribution < -0.4 is 10.3 Å². The second-order valence-corrected chi connectivity index (χ2v) is 9.74. The molecular formula is C23H22N2O2S2. The Kier molecular flexibility index (Phi) is 5.06. The van der Waals surface area contributed by atoms with Crippen molar-refractivity contribution in [3.8, 4) is 5.75 Å². The van der Waals surface area contributed by atoms with E-state index in [-0.39, 0.29) is 5.56 Å². The summed E-state index contributed by atoms with van der Waals surface area (Å²) < 4.78 is 6.00. The first kappa shape index (κ1) is 18.7. The minimum atomic E-state index is -0.000440. The Hall–Kier alpha value is -2.31. The molecule has 1 unspecified atom stereocenters. The molecule has 1 aliphatic carbocycles. The molecule has 1 N–H and O–H groups in total. The molecule has 2 aromatic heterocycles. The first-order chi connectivity index (χ1) is 14.2. The first-order valence-corrected chi connectivity index (χ1v) is 11.8. The number of aryl methyl sites for hydroxylation is 1. The summed E-state index contributed by atoms with van der Waals surface area (Å²) in [5, 5.41) is 3.78. The SMILES string of the molecule is CC1CCc2c(sc3nc(SCCOc4cccc5ccccc45)[nH]c(=O)c23)C1. The minimum absolute atomic E-state index is 0.000440. The monoisotopic (exact) mass is 422 g/mol. The molecule has 0 saturated heterocycles. The summed E-state index contributed by atoms with van der Waals surface area (Å²) in [6.45, 7) is 2.83. The number of rotatable bonds is 5. The van der Waals surface area contributed by atoms with E-state index < -0.39 is 0 Å². The first-order valence-electron chi connectivity index (χ1n) is 9.97. The normalized spacial score (nSPS) is 16.2. The lowest BCUT2D eigenvalue weighted by atomic mass is 9.89. The number of fused-ring (bicyclic) bond motifs is 4. The van der Waals surface area contributed by atoms with Crippen LogP contribution in [0.4, 0.5) is 0 Å². The number of hydrogen-bond donors (Lipinski definition) is 1. The Morgan fingerprint density at radius 3 is 3.03 bits per heavy atom. The Labute approximate surface area is 177 Å². The van der Waals surface area contributed by atoms with Crippen molar-refractivity contribution in [2.45, 2.75) is 31.3 Å². The van der Waals surface area contributed by atoms with Crippen molar-refractivity contribution in [3.63, 3.8) is 0 Å². The third-order valence-corrected chi connectivity index (χ3v) is 7.46. The van der Waals surface area contributed by atoms with E-state index in [0.29, 0.717) is 17.7 Å². The summed E-state index contributed by atoms with van der Waals surface area (Å²) in [6, 6.07) is 14.3. The summed E-state index contributed by atoms with van der Waals surface area (Å²) >= 11 is 3.23. The summed E-state index contributed by atoms with van der Waals surface area (Å²) in [5.41, 5.74) is 1.23. The van der Waals surface area contributed by atoms with Gasteiger partial charge in [-0.2, -0.15) is 0 Å². The number of aromatic amines is 1. The molecule has 0 aliphatic heterocycles. The van der Waals surface area contributed by atoms with Crippen LogP contribution in [0.3, 0.4) is 0 Å². The highest BCUT2D eigenvalue weighted by molar-refractivity contribution is 7.99. The van der Waals surface area contributed by atoms with Crippen LogP contribution >= 0.6 is 23.1 Å². The van der Waals surface area contributed by atoms with Crippen molar-refractivity contribution in [1.82, 2.24) is 9.97 Å². The maximum absolute atomic E-state index is 12.7. The van der Waals surface area contributed by atoms with E-state index in [1.54, 1.807) is 11.3 Å². The number of nitrogens with zero attached hydrogens (tertiary/aromatic N) is 1. The lowest BCUT2D eigenvalue weighted by Crippen LogP contribution is -2.13. The predicted octanol–water partition coefficient (Wildman–Crippen LogP) is 5.43. The van der Waals surface area contributed by atoms with Crippen LogP contribution in [0.5, 0.6) is 5.75 Å². The molecule has 148 valence electrons.